The van der Waals surface area contributed by atoms with Crippen molar-refractivity contribution in [2.24, 2.45) is 46.3 Å². The number of aliphatic hydroxyl groups excluding tert-OH is 2. The Morgan fingerprint density at radius 2 is 1.79 bits per heavy atom. The molecule has 0 aromatic carbocycles. The highest BCUT2D eigenvalue weighted by molar-refractivity contribution is 6.69. The first kappa shape index (κ1) is 22.0. The third-order valence-corrected chi connectivity index (χ3v) is 10.8. The summed E-state index contributed by atoms with van der Waals surface area (Å²) in [6, 6.07) is 0. The first-order valence-corrected chi connectivity index (χ1v) is 15.6. The molecule has 0 radical (unpaired) electrons. The molecule has 3 nitrogen and oxygen atoms in total. The highest BCUT2D eigenvalue weighted by Crippen LogP contribution is 2.67. The second-order valence-corrected chi connectivity index (χ2v) is 16.8. The van der Waals surface area contributed by atoms with Gasteiger partial charge in [-0.3, -0.25) is 0 Å². The van der Waals surface area contributed by atoms with E-state index in [-0.39, 0.29) is 29.6 Å². The zero-order valence-electron chi connectivity index (χ0n) is 19.7. The van der Waals surface area contributed by atoms with E-state index < -0.39 is 8.32 Å². The van der Waals surface area contributed by atoms with Crippen LogP contribution in [0.25, 0.3) is 0 Å². The number of hydrogen-bond donors (Lipinski definition) is 2. The average Bonchev–Trinajstić information content (AvgIpc) is 2.93. The third kappa shape index (κ3) is 3.15. The van der Waals surface area contributed by atoms with Crippen molar-refractivity contribution in [1.29, 1.82) is 0 Å². The number of allylic oxidation sites excluding steroid dienone is 1. The van der Waals surface area contributed by atoms with Gasteiger partial charge in [0.1, 0.15) is 0 Å². The summed E-state index contributed by atoms with van der Waals surface area (Å²) in [6.07, 6.45) is 8.12. The van der Waals surface area contributed by atoms with Crippen molar-refractivity contribution in [2.75, 3.05) is 6.61 Å². The highest BCUT2D eigenvalue weighted by atomic mass is 28.4. The first-order chi connectivity index (χ1) is 13.5. The van der Waals surface area contributed by atoms with E-state index in [1.165, 1.54) is 5.57 Å². The summed E-state index contributed by atoms with van der Waals surface area (Å²) in [5, 5.41) is 21.7. The molecule has 0 saturated heterocycles. The molecular formula is C25H44O3Si. The predicted molar refractivity (Wildman–Crippen MR) is 121 cm³/mol. The SMILES string of the molecule is C[C@@H]1C=C2[C@H](C)[C@@H](O[Si](C)(C)C)C[C@H](C)[C@]2(CO)[C@H]2CC[C@]3(C)[C@@H](O)CC[C@H]3[C@H]12. The Hall–Kier alpha value is -0.163. The van der Waals surface area contributed by atoms with Crippen LogP contribution in [0.2, 0.25) is 19.6 Å². The van der Waals surface area contributed by atoms with Gasteiger partial charge >= 0.3 is 0 Å². The van der Waals surface area contributed by atoms with Gasteiger partial charge in [-0.25, -0.2) is 0 Å². The monoisotopic (exact) mass is 420 g/mol. The van der Waals surface area contributed by atoms with Crippen molar-refractivity contribution < 1.29 is 14.6 Å². The van der Waals surface area contributed by atoms with Crippen LogP contribution in [0, 0.1) is 46.3 Å². The maximum atomic E-state index is 10.9. The van der Waals surface area contributed by atoms with E-state index in [1.807, 2.05) is 0 Å². The van der Waals surface area contributed by atoms with Gasteiger partial charge in [0.05, 0.1) is 18.8 Å². The largest absolute Gasteiger partial charge is 0.414 e. The summed E-state index contributed by atoms with van der Waals surface area (Å²) in [5.74, 6) is 3.06. The Kier molecular flexibility index (Phi) is 5.46. The first-order valence-electron chi connectivity index (χ1n) is 12.1. The lowest BCUT2D eigenvalue weighted by molar-refractivity contribution is -0.125. The van der Waals surface area contributed by atoms with Gasteiger partial charge in [0.15, 0.2) is 8.32 Å². The van der Waals surface area contributed by atoms with Crippen LogP contribution in [0.1, 0.15) is 59.8 Å². The quantitative estimate of drug-likeness (QED) is 0.485. The fourth-order valence-corrected chi connectivity index (χ4v) is 9.63. The molecule has 4 rings (SSSR count). The molecule has 0 bridgehead atoms. The van der Waals surface area contributed by atoms with Gasteiger partial charge in [-0.1, -0.05) is 39.3 Å². The van der Waals surface area contributed by atoms with E-state index in [1.54, 1.807) is 0 Å². The van der Waals surface area contributed by atoms with Gasteiger partial charge in [-0.15, -0.1) is 0 Å². The van der Waals surface area contributed by atoms with E-state index in [0.717, 1.165) is 32.1 Å². The molecule has 3 fully saturated rings. The van der Waals surface area contributed by atoms with E-state index in [0.29, 0.717) is 35.5 Å². The lowest BCUT2D eigenvalue weighted by Gasteiger charge is -2.63. The standard InChI is InChI=1S/C25H44O3Si/c1-15-12-20-17(3)21(28-29(5,6)7)13-16(2)25(20,14-26)19-10-11-24(4)18(23(15)19)8-9-22(24)27/h12,15-19,21-23,26-27H,8-11,13-14H2,1-7H3/t15-,16+,17+,18+,19+,21+,22+,23+,24+,25-/m1/s1. The van der Waals surface area contributed by atoms with Crippen LogP contribution in [0.15, 0.2) is 11.6 Å². The van der Waals surface area contributed by atoms with Crippen molar-refractivity contribution in [3.8, 4) is 0 Å². The van der Waals surface area contributed by atoms with Gasteiger partial charge < -0.3 is 14.6 Å². The molecule has 3 saturated carbocycles. The average molecular weight is 421 g/mol. The third-order valence-electron chi connectivity index (χ3n) is 9.81. The second kappa shape index (κ2) is 7.18. The molecule has 4 aliphatic carbocycles. The molecule has 0 aromatic rings. The Balaban J connectivity index is 1.75. The van der Waals surface area contributed by atoms with E-state index in [9.17, 15) is 10.2 Å². The predicted octanol–water partition coefficient (Wildman–Crippen LogP) is 5.24. The number of hydrogen-bond acceptors (Lipinski definition) is 3. The molecule has 4 aliphatic rings. The summed E-state index contributed by atoms with van der Waals surface area (Å²) < 4.78 is 6.65. The van der Waals surface area contributed by atoms with Crippen molar-refractivity contribution in [2.45, 2.75) is 91.6 Å². The molecule has 0 heterocycles. The second-order valence-electron chi connectivity index (χ2n) is 12.3. The summed E-state index contributed by atoms with van der Waals surface area (Å²) in [6.45, 7) is 16.6. The molecule has 0 aromatic heterocycles. The van der Waals surface area contributed by atoms with Crippen LogP contribution in [-0.4, -0.2) is 37.3 Å². The fraction of sp³-hybridized carbons (Fsp3) is 0.920. The van der Waals surface area contributed by atoms with Gasteiger partial charge in [0, 0.05) is 11.3 Å². The van der Waals surface area contributed by atoms with Gasteiger partial charge in [0.25, 0.3) is 0 Å². The summed E-state index contributed by atoms with van der Waals surface area (Å²) >= 11 is 0. The van der Waals surface area contributed by atoms with Crippen LogP contribution < -0.4 is 0 Å². The normalized spacial score (nSPS) is 52.4. The molecule has 29 heavy (non-hydrogen) atoms. The van der Waals surface area contributed by atoms with Crippen molar-refractivity contribution in [3.05, 3.63) is 11.6 Å². The minimum absolute atomic E-state index is 0.0738. The Bertz CT molecular complexity index is 669. The van der Waals surface area contributed by atoms with Crippen LogP contribution in [0.5, 0.6) is 0 Å². The van der Waals surface area contributed by atoms with Gasteiger partial charge in [0.2, 0.25) is 0 Å². The van der Waals surface area contributed by atoms with E-state index in [4.69, 9.17) is 4.43 Å². The Morgan fingerprint density at radius 3 is 2.41 bits per heavy atom. The molecule has 4 heteroatoms. The topological polar surface area (TPSA) is 49.7 Å². The molecule has 0 aliphatic heterocycles. The smallest absolute Gasteiger partial charge is 0.184 e. The van der Waals surface area contributed by atoms with E-state index >= 15 is 0 Å². The Morgan fingerprint density at radius 1 is 1.10 bits per heavy atom. The lowest BCUT2D eigenvalue weighted by Crippen LogP contribution is -2.60. The number of aliphatic hydroxyl groups is 2. The molecule has 10 atom stereocenters. The van der Waals surface area contributed by atoms with Gasteiger partial charge in [-0.05, 0) is 86.7 Å². The highest BCUT2D eigenvalue weighted by Gasteiger charge is 2.63. The zero-order chi connectivity index (χ0) is 21.4. The molecular weight excluding hydrogens is 376 g/mol. The minimum atomic E-state index is -1.61. The minimum Gasteiger partial charge on any atom is -0.414 e. The van der Waals surface area contributed by atoms with Crippen LogP contribution in [0.3, 0.4) is 0 Å². The number of rotatable bonds is 3. The van der Waals surface area contributed by atoms with Crippen molar-refractivity contribution >= 4 is 8.32 Å². The lowest BCUT2D eigenvalue weighted by atomic mass is 9.42. The Labute approximate surface area is 179 Å². The zero-order valence-corrected chi connectivity index (χ0v) is 20.7. The maximum absolute atomic E-state index is 10.9. The summed E-state index contributed by atoms with van der Waals surface area (Å²) in [4.78, 5) is 0. The molecule has 0 unspecified atom stereocenters. The van der Waals surface area contributed by atoms with Crippen LogP contribution in [0.4, 0.5) is 0 Å². The molecule has 2 N–H and O–H groups in total. The molecule has 0 spiro atoms. The molecule has 166 valence electrons. The summed E-state index contributed by atoms with van der Waals surface area (Å²) in [5.41, 5.74) is 1.48. The maximum Gasteiger partial charge on any atom is 0.184 e. The van der Waals surface area contributed by atoms with Crippen molar-refractivity contribution in [3.63, 3.8) is 0 Å². The van der Waals surface area contributed by atoms with Crippen LogP contribution in [-0.2, 0) is 4.43 Å². The van der Waals surface area contributed by atoms with Crippen molar-refractivity contribution in [1.82, 2.24) is 0 Å². The fourth-order valence-electron chi connectivity index (χ4n) is 8.42. The van der Waals surface area contributed by atoms with Gasteiger partial charge in [-0.2, -0.15) is 0 Å². The summed E-state index contributed by atoms with van der Waals surface area (Å²) in [7, 11) is -1.61. The number of fused-ring (bicyclic) bond motifs is 5. The van der Waals surface area contributed by atoms with E-state index in [2.05, 4.69) is 53.4 Å². The van der Waals surface area contributed by atoms with Crippen LogP contribution >= 0.6 is 0 Å². The molecule has 0 amide bonds.